The molecule has 8 nitrogen and oxygen atoms in total. The summed E-state index contributed by atoms with van der Waals surface area (Å²) in [6, 6.07) is 25.0. The number of hydrogen-bond acceptors (Lipinski definition) is 5. The molecule has 0 unspecified atom stereocenters. The number of amides is 1. The van der Waals surface area contributed by atoms with E-state index < -0.39 is 10.9 Å². The molecule has 0 spiro atoms. The van der Waals surface area contributed by atoms with Gasteiger partial charge in [0.05, 0.1) is 16.2 Å². The minimum Gasteiger partial charge on any atom is -0.478 e. The summed E-state index contributed by atoms with van der Waals surface area (Å²) in [4.78, 5) is 36.7. The first-order valence-corrected chi connectivity index (χ1v) is 10.9. The van der Waals surface area contributed by atoms with Gasteiger partial charge in [-0.3, -0.25) is 19.8 Å². The molecule has 0 fully saturated rings. The first kappa shape index (κ1) is 22.5. The monoisotopic (exact) mass is 478 g/mol. The van der Waals surface area contributed by atoms with Crippen LogP contribution in [-0.4, -0.2) is 21.9 Å². The van der Waals surface area contributed by atoms with E-state index in [2.05, 4.69) is 0 Å². The van der Waals surface area contributed by atoms with Gasteiger partial charge in [0.15, 0.2) is 0 Å². The quantitative estimate of drug-likeness (QED) is 0.206. The van der Waals surface area contributed by atoms with Crippen molar-refractivity contribution >= 4 is 35.0 Å². The van der Waals surface area contributed by atoms with Crippen LogP contribution in [-0.2, 0) is 4.79 Å². The van der Waals surface area contributed by atoms with Crippen molar-refractivity contribution in [1.29, 1.82) is 0 Å². The van der Waals surface area contributed by atoms with E-state index in [4.69, 9.17) is 4.42 Å². The second kappa shape index (κ2) is 9.19. The van der Waals surface area contributed by atoms with Gasteiger partial charge in [0.25, 0.3) is 11.6 Å². The maximum Gasteiger partial charge on any atom is 0.335 e. The smallest absolute Gasteiger partial charge is 0.335 e. The standard InChI is InChI=1S/C28H18N2O6/c31-27-21(16-24-14-15-26(36-24)19-6-12-23(13-7-19)30(34)35)17-25(18-4-2-1-3-5-18)29(27)22-10-8-20(9-11-22)28(32)33/h1-17H,(H,32,33). The van der Waals surface area contributed by atoms with Gasteiger partial charge in [-0.2, -0.15) is 0 Å². The Hall–Kier alpha value is -5.24. The van der Waals surface area contributed by atoms with Crippen LogP contribution in [0.25, 0.3) is 23.1 Å². The van der Waals surface area contributed by atoms with Gasteiger partial charge in [-0.15, -0.1) is 0 Å². The van der Waals surface area contributed by atoms with Gasteiger partial charge in [-0.25, -0.2) is 4.79 Å². The molecule has 0 saturated carbocycles. The van der Waals surface area contributed by atoms with Crippen LogP contribution in [0.2, 0.25) is 0 Å². The molecule has 3 aromatic carbocycles. The number of rotatable bonds is 6. The largest absolute Gasteiger partial charge is 0.478 e. The van der Waals surface area contributed by atoms with Crippen molar-refractivity contribution in [3.8, 4) is 11.3 Å². The highest BCUT2D eigenvalue weighted by Gasteiger charge is 2.30. The van der Waals surface area contributed by atoms with Gasteiger partial charge in [-0.05, 0) is 66.2 Å². The molecule has 176 valence electrons. The normalized spacial score (nSPS) is 14.2. The fraction of sp³-hybridized carbons (Fsp3) is 0. The third-order valence-electron chi connectivity index (χ3n) is 5.71. The molecule has 1 N–H and O–H groups in total. The summed E-state index contributed by atoms with van der Waals surface area (Å²) >= 11 is 0. The lowest BCUT2D eigenvalue weighted by Crippen LogP contribution is -2.25. The number of non-ortho nitro benzene ring substituents is 1. The number of carbonyl (C=O) groups excluding carboxylic acids is 1. The molecule has 0 saturated heterocycles. The van der Waals surface area contributed by atoms with E-state index in [1.54, 1.807) is 48.6 Å². The molecule has 1 aliphatic heterocycles. The van der Waals surface area contributed by atoms with Crippen molar-refractivity contribution in [2.45, 2.75) is 0 Å². The van der Waals surface area contributed by atoms with E-state index in [-0.39, 0.29) is 17.2 Å². The topological polar surface area (TPSA) is 114 Å². The van der Waals surface area contributed by atoms with E-state index >= 15 is 0 Å². The highest BCUT2D eigenvalue weighted by Crippen LogP contribution is 2.36. The van der Waals surface area contributed by atoms with Crippen LogP contribution in [0.1, 0.15) is 21.7 Å². The number of carboxylic acids is 1. The first-order valence-electron chi connectivity index (χ1n) is 10.9. The number of furan rings is 1. The van der Waals surface area contributed by atoms with E-state index in [0.29, 0.717) is 34.0 Å². The number of hydrogen-bond donors (Lipinski definition) is 1. The van der Waals surface area contributed by atoms with E-state index in [0.717, 1.165) is 5.56 Å². The molecule has 8 heteroatoms. The van der Waals surface area contributed by atoms with Crippen molar-refractivity contribution in [1.82, 2.24) is 0 Å². The lowest BCUT2D eigenvalue weighted by molar-refractivity contribution is -0.384. The molecular formula is C28H18N2O6. The minimum atomic E-state index is -1.05. The summed E-state index contributed by atoms with van der Waals surface area (Å²) in [7, 11) is 0. The summed E-state index contributed by atoms with van der Waals surface area (Å²) in [5.74, 6) is -0.380. The SMILES string of the molecule is O=C(O)c1ccc(N2C(=O)C(=Cc3ccc(-c4ccc([N+](=O)[O-])cc4)o3)C=C2c2ccccc2)cc1. The van der Waals surface area contributed by atoms with Crippen LogP contribution >= 0.6 is 0 Å². The number of carbonyl (C=O) groups is 2. The molecule has 1 aromatic heterocycles. The Morgan fingerprint density at radius 2 is 1.58 bits per heavy atom. The van der Waals surface area contributed by atoms with Crippen LogP contribution in [0.3, 0.4) is 0 Å². The maximum absolute atomic E-state index is 13.5. The Balaban J connectivity index is 1.50. The number of carboxylic acid groups (broad SMARTS) is 1. The van der Waals surface area contributed by atoms with Gasteiger partial charge in [0.2, 0.25) is 0 Å². The van der Waals surface area contributed by atoms with Gasteiger partial charge in [0.1, 0.15) is 11.5 Å². The van der Waals surface area contributed by atoms with Gasteiger partial charge in [0, 0.05) is 29.0 Å². The van der Waals surface area contributed by atoms with Crippen LogP contribution in [0.15, 0.2) is 107 Å². The fourth-order valence-electron chi connectivity index (χ4n) is 3.93. The van der Waals surface area contributed by atoms with Gasteiger partial charge >= 0.3 is 5.97 Å². The number of aromatic carboxylic acids is 1. The Kier molecular flexibility index (Phi) is 5.75. The van der Waals surface area contributed by atoms with Crippen molar-refractivity contribution in [3.05, 3.63) is 130 Å². The summed E-state index contributed by atoms with van der Waals surface area (Å²) < 4.78 is 5.89. The third-order valence-corrected chi connectivity index (χ3v) is 5.71. The summed E-state index contributed by atoms with van der Waals surface area (Å²) in [6.45, 7) is 0. The summed E-state index contributed by atoms with van der Waals surface area (Å²) in [5, 5.41) is 20.1. The van der Waals surface area contributed by atoms with Crippen LogP contribution in [0, 0.1) is 10.1 Å². The van der Waals surface area contributed by atoms with E-state index in [1.807, 2.05) is 30.3 Å². The number of nitro groups is 1. The summed E-state index contributed by atoms with van der Waals surface area (Å²) in [6.07, 6.45) is 3.39. The molecule has 0 aliphatic carbocycles. The van der Waals surface area contributed by atoms with Gasteiger partial charge in [-0.1, -0.05) is 30.3 Å². The molecule has 36 heavy (non-hydrogen) atoms. The molecule has 0 bridgehead atoms. The average Bonchev–Trinajstić information content (AvgIpc) is 3.49. The van der Waals surface area contributed by atoms with Gasteiger partial charge < -0.3 is 9.52 Å². The molecule has 1 aliphatic rings. The molecule has 2 heterocycles. The number of nitrogens with zero attached hydrogens (tertiary/aromatic N) is 2. The highest BCUT2D eigenvalue weighted by molar-refractivity contribution is 6.23. The number of anilines is 1. The molecule has 5 rings (SSSR count). The molecule has 0 atom stereocenters. The zero-order valence-corrected chi connectivity index (χ0v) is 18.7. The van der Waals surface area contributed by atoms with Crippen LogP contribution < -0.4 is 4.90 Å². The maximum atomic E-state index is 13.5. The highest BCUT2D eigenvalue weighted by atomic mass is 16.6. The second-order valence-electron chi connectivity index (χ2n) is 7.99. The first-order chi connectivity index (χ1) is 17.4. The molecule has 4 aromatic rings. The zero-order valence-electron chi connectivity index (χ0n) is 18.7. The van der Waals surface area contributed by atoms with Crippen LogP contribution in [0.5, 0.6) is 0 Å². The second-order valence-corrected chi connectivity index (χ2v) is 7.99. The van der Waals surface area contributed by atoms with Crippen molar-refractivity contribution in [2.24, 2.45) is 0 Å². The predicted octanol–water partition coefficient (Wildman–Crippen LogP) is 6.02. The lowest BCUT2D eigenvalue weighted by atomic mass is 10.1. The molecular weight excluding hydrogens is 460 g/mol. The van der Waals surface area contributed by atoms with Crippen molar-refractivity contribution in [2.75, 3.05) is 4.90 Å². The van der Waals surface area contributed by atoms with E-state index in [9.17, 15) is 24.8 Å². The molecule has 0 radical (unpaired) electrons. The Morgan fingerprint density at radius 1 is 0.889 bits per heavy atom. The average molecular weight is 478 g/mol. The van der Waals surface area contributed by atoms with Crippen LogP contribution in [0.4, 0.5) is 11.4 Å². The zero-order chi connectivity index (χ0) is 25.2. The Morgan fingerprint density at radius 3 is 2.22 bits per heavy atom. The van der Waals surface area contributed by atoms with E-state index in [1.165, 1.54) is 29.2 Å². The number of benzene rings is 3. The summed E-state index contributed by atoms with van der Waals surface area (Å²) in [5.41, 5.74) is 3.18. The third kappa shape index (κ3) is 4.30. The van der Waals surface area contributed by atoms with Crippen molar-refractivity contribution < 1.29 is 24.0 Å². The lowest BCUT2D eigenvalue weighted by Gasteiger charge is -2.21. The Labute approximate surface area is 205 Å². The fourth-order valence-corrected chi connectivity index (χ4v) is 3.93. The minimum absolute atomic E-state index is 0.0146. The molecule has 1 amide bonds. The number of nitro benzene ring substituents is 1. The predicted molar refractivity (Wildman–Crippen MR) is 134 cm³/mol. The van der Waals surface area contributed by atoms with Crippen molar-refractivity contribution in [3.63, 3.8) is 0 Å². The Bertz CT molecular complexity index is 1530.